The Labute approximate surface area is 472 Å². The van der Waals surface area contributed by atoms with E-state index in [1.165, 1.54) is 34.9 Å². The van der Waals surface area contributed by atoms with Crippen LogP contribution in [0.25, 0.3) is 0 Å². The number of carboxylic acids is 1. The maximum absolute atomic E-state index is 14.7. The molecule has 0 radical (unpaired) electrons. The van der Waals surface area contributed by atoms with Crippen LogP contribution >= 0.6 is 0 Å². The Morgan fingerprint density at radius 3 is 1.73 bits per heavy atom. The molecule has 5 rings (SSSR count). The molecule has 9 amide bonds. The Balaban J connectivity index is 1.35. The average Bonchev–Trinajstić information content (AvgIpc) is 4.50. The Morgan fingerprint density at radius 2 is 1.16 bits per heavy atom. The van der Waals surface area contributed by atoms with Crippen LogP contribution in [0.3, 0.4) is 0 Å². The maximum Gasteiger partial charge on any atom is 0.326 e. The van der Waals surface area contributed by atoms with E-state index in [4.69, 9.17) is 22.9 Å². The zero-order chi connectivity index (χ0) is 59.0. The molecule has 0 aliphatic carbocycles. The van der Waals surface area contributed by atoms with E-state index in [-0.39, 0.29) is 76.8 Å². The standard InChI is InChI=1S/C52H78N16O12S/c1-81(80)22-17-34(55)44(70)61-35(13-5-7-18-53)45(71)66-40(25-33-28-58-30-60-33)50(76)68-21-10-16-42(68)51(77)67-20-9-15-41(67)49(75)65-37(23-31-11-3-2-4-12-31)46(72)63-38(24-32-27-57-29-59-32)47(73)64-39(26-43(56)69)48(74)62-36(52(78)79)14-6-8-19-54/h2-4,11-12,27-30,34-42H,5-10,13-26,53-55H2,1H3,(H2,56,69)(H,57,59)(H,58,60)(H,61,70)(H,62,74)(H,63,72)(H,64,73)(H,65,75)(H,66,71)(H,78,79)/t34-,35-,36-,37-,38-,39-,40-,41-,42-,81?/m0/s1. The monoisotopic (exact) mass is 1150 g/mol. The number of hydrogen-bond donors (Lipinski definition) is 13. The highest BCUT2D eigenvalue weighted by Crippen LogP contribution is 2.26. The van der Waals surface area contributed by atoms with E-state index in [9.17, 15) is 57.6 Å². The van der Waals surface area contributed by atoms with Crippen LogP contribution in [0.1, 0.15) is 94.0 Å². The number of imidazole rings is 2. The molecule has 2 aliphatic heterocycles. The van der Waals surface area contributed by atoms with Crippen molar-refractivity contribution in [2.75, 3.05) is 38.2 Å². The highest BCUT2D eigenvalue weighted by atomic mass is 32.2. The quantitative estimate of drug-likeness (QED) is 0.0203. The maximum atomic E-state index is 14.7. The number of carbonyl (C=O) groups excluding carboxylic acids is 9. The number of amides is 9. The first kappa shape index (κ1) is 64.4. The van der Waals surface area contributed by atoms with Crippen molar-refractivity contribution in [3.63, 3.8) is 0 Å². The van der Waals surface area contributed by atoms with E-state index in [2.05, 4.69) is 51.8 Å². The molecule has 2 aromatic heterocycles. The second kappa shape index (κ2) is 32.7. The van der Waals surface area contributed by atoms with Crippen molar-refractivity contribution in [1.29, 1.82) is 0 Å². The summed E-state index contributed by atoms with van der Waals surface area (Å²) >= 11 is -1.21. The molecule has 0 bridgehead atoms. The second-order valence-electron chi connectivity index (χ2n) is 20.2. The van der Waals surface area contributed by atoms with Gasteiger partial charge in [-0.2, -0.15) is 0 Å². The number of rotatable bonds is 34. The SMILES string of the molecule is C[S+]([O-])CC[C@H](N)C(=O)N[C@@H](CCCCN)C(=O)N[C@@H](Cc1c[nH]cn1)C(=O)N1CCC[C@H]1C(=O)N1CCC[C@H]1C(=O)N[C@@H](Cc1ccccc1)C(=O)N[C@@H](Cc1c[nH]cn1)C(=O)N[C@@H](CC(N)=O)C(=O)N[C@@H](CCCCN)C(=O)O. The molecule has 81 heavy (non-hydrogen) atoms. The lowest BCUT2D eigenvalue weighted by atomic mass is 10.0. The second-order valence-corrected chi connectivity index (χ2v) is 21.8. The van der Waals surface area contributed by atoms with Crippen molar-refractivity contribution in [2.45, 2.75) is 151 Å². The molecule has 17 N–H and O–H groups in total. The van der Waals surface area contributed by atoms with Gasteiger partial charge in [-0.1, -0.05) is 41.5 Å². The normalized spacial score (nSPS) is 18.0. The molecule has 10 atom stereocenters. The summed E-state index contributed by atoms with van der Waals surface area (Å²) in [6.45, 7) is 0.881. The third-order valence-corrected chi connectivity index (χ3v) is 14.8. The van der Waals surface area contributed by atoms with Crippen LogP contribution in [0, 0.1) is 0 Å². The first-order chi connectivity index (χ1) is 38.8. The molecule has 3 aromatic rings. The number of nitrogens with one attached hydrogen (secondary N) is 8. The largest absolute Gasteiger partial charge is 0.617 e. The van der Waals surface area contributed by atoms with Gasteiger partial charge in [-0.3, -0.25) is 43.2 Å². The first-order valence-corrected chi connectivity index (χ1v) is 28.9. The smallest absolute Gasteiger partial charge is 0.326 e. The fourth-order valence-electron chi connectivity index (χ4n) is 9.66. The van der Waals surface area contributed by atoms with Crippen LogP contribution in [-0.4, -0.2) is 191 Å². The number of aromatic nitrogens is 4. The number of aliphatic carboxylic acids is 1. The van der Waals surface area contributed by atoms with Gasteiger partial charge in [0.05, 0.1) is 42.8 Å². The van der Waals surface area contributed by atoms with Gasteiger partial charge in [0.25, 0.3) is 0 Å². The van der Waals surface area contributed by atoms with Gasteiger partial charge in [0, 0.05) is 51.2 Å². The summed E-state index contributed by atoms with van der Waals surface area (Å²) < 4.78 is 11.7. The minimum absolute atomic E-state index is 0.00711. The zero-order valence-corrected chi connectivity index (χ0v) is 46.3. The Bertz CT molecular complexity index is 2560. The predicted octanol–water partition coefficient (Wildman–Crippen LogP) is -3.63. The van der Waals surface area contributed by atoms with Gasteiger partial charge in [-0.05, 0) is 82.9 Å². The van der Waals surface area contributed by atoms with E-state index in [1.807, 2.05) is 0 Å². The summed E-state index contributed by atoms with van der Waals surface area (Å²) in [5.41, 5.74) is 24.2. The molecule has 0 spiro atoms. The van der Waals surface area contributed by atoms with Crippen molar-refractivity contribution in [2.24, 2.45) is 22.9 Å². The van der Waals surface area contributed by atoms with E-state index < -0.39 is 131 Å². The minimum Gasteiger partial charge on any atom is -0.617 e. The molecule has 2 fully saturated rings. The van der Waals surface area contributed by atoms with Gasteiger partial charge in [-0.15, -0.1) is 0 Å². The number of likely N-dealkylation sites (tertiary alicyclic amines) is 2. The van der Waals surface area contributed by atoms with Gasteiger partial charge in [-0.25, -0.2) is 14.8 Å². The number of unbranched alkanes of at least 4 members (excludes halogenated alkanes) is 2. The van der Waals surface area contributed by atoms with Crippen molar-refractivity contribution < 1.29 is 57.6 Å². The van der Waals surface area contributed by atoms with Crippen molar-refractivity contribution in [3.8, 4) is 0 Å². The van der Waals surface area contributed by atoms with E-state index in [1.54, 1.807) is 36.5 Å². The number of H-pyrrole nitrogens is 2. The summed E-state index contributed by atoms with van der Waals surface area (Å²) in [4.78, 5) is 154. The third kappa shape index (κ3) is 20.2. The van der Waals surface area contributed by atoms with Gasteiger partial charge in [0.15, 0.2) is 0 Å². The number of nitrogens with zero attached hydrogens (tertiary/aromatic N) is 4. The Hall–Kier alpha value is -7.47. The van der Waals surface area contributed by atoms with E-state index in [0.717, 1.165) is 0 Å². The summed E-state index contributed by atoms with van der Waals surface area (Å²) in [5, 5.41) is 25.5. The van der Waals surface area contributed by atoms with Gasteiger partial charge in [0.2, 0.25) is 53.2 Å². The Morgan fingerprint density at radius 1 is 0.654 bits per heavy atom. The first-order valence-electron chi connectivity index (χ1n) is 27.2. The van der Waals surface area contributed by atoms with Gasteiger partial charge in [0.1, 0.15) is 54.1 Å². The number of carboxylic acid groups (broad SMARTS) is 1. The van der Waals surface area contributed by atoms with Crippen LogP contribution in [0.5, 0.6) is 0 Å². The molecule has 444 valence electrons. The number of carbonyl (C=O) groups is 10. The van der Waals surface area contributed by atoms with Crippen LogP contribution < -0.4 is 54.8 Å². The summed E-state index contributed by atoms with van der Waals surface area (Å²) in [6.07, 6.45) is 9.40. The number of primary amides is 1. The minimum atomic E-state index is -1.66. The molecule has 0 saturated carbocycles. The van der Waals surface area contributed by atoms with Crippen molar-refractivity contribution >= 4 is 70.3 Å². The van der Waals surface area contributed by atoms with Crippen molar-refractivity contribution in [3.05, 3.63) is 72.3 Å². The van der Waals surface area contributed by atoms with Gasteiger partial charge >= 0.3 is 5.97 Å². The summed E-state index contributed by atoms with van der Waals surface area (Å²) in [5.74, 6) is -8.18. The number of hydrogen-bond acceptors (Lipinski definition) is 16. The molecule has 4 heterocycles. The zero-order valence-electron chi connectivity index (χ0n) is 45.5. The fourth-order valence-corrected chi connectivity index (χ4v) is 10.2. The molecule has 1 aromatic carbocycles. The topological polar surface area (TPSA) is 454 Å². The lowest BCUT2D eigenvalue weighted by Gasteiger charge is -2.33. The van der Waals surface area contributed by atoms with E-state index >= 15 is 0 Å². The highest BCUT2D eigenvalue weighted by Gasteiger charge is 2.45. The lowest BCUT2D eigenvalue weighted by Crippen LogP contribution is -2.60. The molecular formula is C52H78N16O12S. The molecule has 1 unspecified atom stereocenters. The van der Waals surface area contributed by atoms with Gasteiger partial charge < -0.3 is 84.3 Å². The summed E-state index contributed by atoms with van der Waals surface area (Å²) in [6, 6.07) is -2.88. The van der Waals surface area contributed by atoms with E-state index in [0.29, 0.717) is 62.0 Å². The number of nitrogens with two attached hydrogens (primary N) is 4. The molecule has 28 nitrogen and oxygen atoms in total. The average molecular weight is 1150 g/mol. The third-order valence-electron chi connectivity index (χ3n) is 14.0. The van der Waals surface area contributed by atoms with Crippen LogP contribution in [-0.2, 0) is 78.4 Å². The van der Waals surface area contributed by atoms with Crippen molar-refractivity contribution in [1.82, 2.24) is 61.6 Å². The van der Waals surface area contributed by atoms with Crippen LogP contribution in [0.2, 0.25) is 0 Å². The Kier molecular flexibility index (Phi) is 26.0. The number of aromatic amines is 2. The lowest BCUT2D eigenvalue weighted by molar-refractivity contribution is -0.148. The predicted molar refractivity (Wildman–Crippen MR) is 295 cm³/mol. The fraction of sp³-hybridized carbons (Fsp3) is 0.577. The summed E-state index contributed by atoms with van der Waals surface area (Å²) in [7, 11) is 0. The molecular weight excluding hydrogens is 1070 g/mol. The number of benzene rings is 1. The van der Waals surface area contributed by atoms with Crippen LogP contribution in [0.15, 0.2) is 55.4 Å². The highest BCUT2D eigenvalue weighted by molar-refractivity contribution is 7.90. The van der Waals surface area contributed by atoms with Crippen LogP contribution in [0.4, 0.5) is 0 Å². The molecule has 29 heteroatoms. The molecule has 2 aliphatic rings. The molecule has 2 saturated heterocycles.